The Hall–Kier alpha value is -0.990. The van der Waals surface area contributed by atoms with Crippen LogP contribution in [0.3, 0.4) is 0 Å². The van der Waals surface area contributed by atoms with Crippen molar-refractivity contribution >= 4 is 19.8 Å². The summed E-state index contributed by atoms with van der Waals surface area (Å²) in [5.41, 5.74) is 0. The highest BCUT2D eigenvalue weighted by Crippen LogP contribution is 2.38. The Morgan fingerprint density at radius 1 is 0.900 bits per heavy atom. The van der Waals surface area contributed by atoms with Crippen LogP contribution in [0.5, 0.6) is 0 Å². The number of carbonyl (C=O) groups excluding carboxylic acids is 2. The number of rotatable bonds is 18. The summed E-state index contributed by atoms with van der Waals surface area (Å²) in [5.74, 6) is -0.902. The van der Waals surface area contributed by atoms with Crippen LogP contribution in [0.2, 0.25) is 0 Å². The Morgan fingerprint density at radius 3 is 2.13 bits per heavy atom. The predicted molar refractivity (Wildman–Crippen MR) is 112 cm³/mol. The Bertz CT molecular complexity index is 535. The zero-order chi connectivity index (χ0) is 23.0. The van der Waals surface area contributed by atoms with Crippen LogP contribution in [0.1, 0.15) is 65.2 Å². The molecule has 2 unspecified atom stereocenters. The molecule has 0 bridgehead atoms. The van der Waals surface area contributed by atoms with Gasteiger partial charge in [0, 0.05) is 12.8 Å². The summed E-state index contributed by atoms with van der Waals surface area (Å²) < 4.78 is 32.6. The van der Waals surface area contributed by atoms with E-state index in [2.05, 4.69) is 6.92 Å². The summed E-state index contributed by atoms with van der Waals surface area (Å²) in [6.45, 7) is 3.74. The van der Waals surface area contributed by atoms with Gasteiger partial charge in [0.1, 0.15) is 19.8 Å². The molecule has 0 aliphatic heterocycles. The standard InChI is InChI=1S/C20H40NO8P/c1-6-8-10-11-13-20(23)29-18(16-26-19(22)12-9-7-2)17-28-30(24,25)27-15-14-21(3,4)5/h18H,6-17H2,1-5H3. The van der Waals surface area contributed by atoms with Gasteiger partial charge in [-0.1, -0.05) is 39.5 Å². The Kier molecular flexibility index (Phi) is 15.2. The molecule has 0 aliphatic carbocycles. The maximum absolute atomic E-state index is 12.0. The normalized spacial score (nSPS) is 14.7. The lowest BCUT2D eigenvalue weighted by Crippen LogP contribution is -2.37. The van der Waals surface area contributed by atoms with Crippen LogP contribution in [-0.4, -0.2) is 70.0 Å². The topological polar surface area (TPSA) is 111 Å². The molecule has 0 fully saturated rings. The van der Waals surface area contributed by atoms with Gasteiger partial charge < -0.3 is 27.9 Å². The van der Waals surface area contributed by atoms with Gasteiger partial charge in [-0.15, -0.1) is 0 Å². The highest BCUT2D eigenvalue weighted by molar-refractivity contribution is 7.45. The summed E-state index contributed by atoms with van der Waals surface area (Å²) in [6.07, 6.45) is 4.66. The second-order valence-corrected chi connectivity index (χ2v) is 9.71. The molecule has 0 rings (SSSR count). The maximum Gasteiger partial charge on any atom is 0.306 e. The Labute approximate surface area is 181 Å². The third-order valence-electron chi connectivity index (χ3n) is 4.13. The van der Waals surface area contributed by atoms with E-state index in [1.807, 2.05) is 28.1 Å². The number of nitrogens with zero attached hydrogens (tertiary/aromatic N) is 1. The number of hydrogen-bond acceptors (Lipinski definition) is 8. The molecule has 0 N–H and O–H groups in total. The van der Waals surface area contributed by atoms with Gasteiger partial charge in [0.05, 0.1) is 27.7 Å². The number of unbranched alkanes of at least 4 members (excludes halogenated alkanes) is 4. The van der Waals surface area contributed by atoms with E-state index in [1.165, 1.54) is 0 Å². The number of carbonyl (C=O) groups is 2. The molecule has 0 aliphatic rings. The number of esters is 2. The first-order valence-corrected chi connectivity index (χ1v) is 12.2. The van der Waals surface area contributed by atoms with E-state index < -0.39 is 32.5 Å². The highest BCUT2D eigenvalue weighted by atomic mass is 31.2. The quantitative estimate of drug-likeness (QED) is 0.135. The molecular formula is C20H40NO8P. The van der Waals surface area contributed by atoms with Gasteiger partial charge in [0.15, 0.2) is 6.10 Å². The lowest BCUT2D eigenvalue weighted by atomic mass is 10.1. The zero-order valence-electron chi connectivity index (χ0n) is 19.2. The van der Waals surface area contributed by atoms with Crippen molar-refractivity contribution in [2.24, 2.45) is 0 Å². The fourth-order valence-corrected chi connectivity index (χ4v) is 3.00. The summed E-state index contributed by atoms with van der Waals surface area (Å²) >= 11 is 0. The molecule has 0 aromatic carbocycles. The molecule has 0 spiro atoms. The van der Waals surface area contributed by atoms with Gasteiger partial charge in [0.2, 0.25) is 0 Å². The van der Waals surface area contributed by atoms with Crippen LogP contribution in [0.15, 0.2) is 0 Å². The summed E-state index contributed by atoms with van der Waals surface area (Å²) in [7, 11) is 1.15. The number of likely N-dealkylation sites (N-methyl/N-ethyl adjacent to an activating group) is 1. The van der Waals surface area contributed by atoms with Crippen LogP contribution < -0.4 is 4.89 Å². The second-order valence-electron chi connectivity index (χ2n) is 8.30. The molecule has 0 aromatic heterocycles. The number of hydrogen-bond donors (Lipinski definition) is 0. The van der Waals surface area contributed by atoms with Crippen molar-refractivity contribution in [1.29, 1.82) is 0 Å². The molecule has 9 nitrogen and oxygen atoms in total. The molecule has 0 heterocycles. The minimum Gasteiger partial charge on any atom is -0.756 e. The van der Waals surface area contributed by atoms with Gasteiger partial charge >= 0.3 is 11.9 Å². The van der Waals surface area contributed by atoms with Gasteiger partial charge in [-0.25, -0.2) is 0 Å². The first-order valence-electron chi connectivity index (χ1n) is 10.7. The number of phosphoric ester groups is 1. The van der Waals surface area contributed by atoms with Crippen molar-refractivity contribution in [3.63, 3.8) is 0 Å². The Balaban J connectivity index is 4.63. The molecule has 0 aromatic rings. The van der Waals surface area contributed by atoms with Gasteiger partial charge in [-0.05, 0) is 12.8 Å². The Morgan fingerprint density at radius 2 is 1.53 bits per heavy atom. The smallest absolute Gasteiger partial charge is 0.306 e. The third kappa shape index (κ3) is 17.8. The van der Waals surface area contributed by atoms with Crippen molar-refractivity contribution in [3.8, 4) is 0 Å². The summed E-state index contributed by atoms with van der Waals surface area (Å²) in [5, 5.41) is 0. The van der Waals surface area contributed by atoms with Crippen molar-refractivity contribution in [1.82, 2.24) is 0 Å². The third-order valence-corrected chi connectivity index (χ3v) is 5.09. The summed E-state index contributed by atoms with van der Waals surface area (Å²) in [6, 6.07) is 0. The van der Waals surface area contributed by atoms with E-state index in [-0.39, 0.29) is 26.1 Å². The zero-order valence-corrected chi connectivity index (χ0v) is 20.1. The molecule has 0 saturated carbocycles. The van der Waals surface area contributed by atoms with E-state index in [0.29, 0.717) is 23.9 Å². The SMILES string of the molecule is CCCCCCC(=O)OC(COC(=O)CCCC)COP(=O)([O-])OCC[N+](C)(C)C. The average Bonchev–Trinajstić information content (AvgIpc) is 2.64. The molecular weight excluding hydrogens is 413 g/mol. The monoisotopic (exact) mass is 453 g/mol. The van der Waals surface area contributed by atoms with Crippen molar-refractivity contribution < 1.29 is 42.1 Å². The largest absolute Gasteiger partial charge is 0.756 e. The molecule has 0 amide bonds. The lowest BCUT2D eigenvalue weighted by Gasteiger charge is -2.28. The predicted octanol–water partition coefficient (Wildman–Crippen LogP) is 2.81. The van der Waals surface area contributed by atoms with Crippen LogP contribution in [0.25, 0.3) is 0 Å². The fraction of sp³-hybridized carbons (Fsp3) is 0.900. The molecule has 30 heavy (non-hydrogen) atoms. The van der Waals surface area contributed by atoms with Gasteiger partial charge in [0.25, 0.3) is 7.82 Å². The van der Waals surface area contributed by atoms with E-state index >= 15 is 0 Å². The number of phosphoric acid groups is 1. The highest BCUT2D eigenvalue weighted by Gasteiger charge is 2.21. The van der Waals surface area contributed by atoms with E-state index in [4.69, 9.17) is 18.5 Å². The first kappa shape index (κ1) is 29.0. The summed E-state index contributed by atoms with van der Waals surface area (Å²) in [4.78, 5) is 35.7. The van der Waals surface area contributed by atoms with Gasteiger partial charge in [-0.3, -0.25) is 14.2 Å². The fourth-order valence-electron chi connectivity index (χ4n) is 2.27. The minimum atomic E-state index is -4.56. The van der Waals surface area contributed by atoms with E-state index in [9.17, 15) is 19.0 Å². The van der Waals surface area contributed by atoms with Gasteiger partial charge in [-0.2, -0.15) is 0 Å². The van der Waals surface area contributed by atoms with Crippen LogP contribution in [-0.2, 0) is 32.7 Å². The number of ether oxygens (including phenoxy) is 2. The average molecular weight is 454 g/mol. The van der Waals surface area contributed by atoms with Crippen molar-refractivity contribution in [2.45, 2.75) is 71.3 Å². The lowest BCUT2D eigenvalue weighted by molar-refractivity contribution is -0.870. The minimum absolute atomic E-state index is 0.0296. The van der Waals surface area contributed by atoms with Crippen LogP contribution in [0.4, 0.5) is 0 Å². The molecule has 0 saturated heterocycles. The van der Waals surface area contributed by atoms with E-state index in [1.54, 1.807) is 0 Å². The molecule has 178 valence electrons. The van der Waals surface area contributed by atoms with E-state index in [0.717, 1.165) is 25.7 Å². The number of quaternary nitrogens is 1. The van der Waals surface area contributed by atoms with Crippen molar-refractivity contribution in [2.75, 3.05) is 47.5 Å². The van der Waals surface area contributed by atoms with Crippen LogP contribution in [0, 0.1) is 0 Å². The molecule has 0 radical (unpaired) electrons. The first-order chi connectivity index (χ1) is 14.0. The molecule has 2 atom stereocenters. The molecule has 10 heteroatoms. The van der Waals surface area contributed by atoms with Crippen LogP contribution >= 0.6 is 7.82 Å². The van der Waals surface area contributed by atoms with Crippen molar-refractivity contribution in [3.05, 3.63) is 0 Å². The second kappa shape index (κ2) is 15.8. The maximum atomic E-state index is 12.0.